The van der Waals surface area contributed by atoms with E-state index in [2.05, 4.69) is 10.1 Å². The third kappa shape index (κ3) is 3.19. The highest BCUT2D eigenvalue weighted by Gasteiger charge is 2.36. The molecular weight excluding hydrogens is 445 g/mol. The van der Waals surface area contributed by atoms with E-state index in [1.807, 2.05) is 29.0 Å². The smallest absolute Gasteiger partial charge is 0.283 e. The number of nitrogens with one attached hydrogen (secondary N) is 1. The normalized spacial score (nSPS) is 17.4. The van der Waals surface area contributed by atoms with Crippen LogP contribution in [0.3, 0.4) is 0 Å². The minimum atomic E-state index is -0.503. The Morgan fingerprint density at radius 2 is 2.00 bits per heavy atom. The van der Waals surface area contributed by atoms with E-state index < -0.39 is 5.91 Å². The molecule has 30 heavy (non-hydrogen) atoms. The van der Waals surface area contributed by atoms with E-state index in [-0.39, 0.29) is 11.4 Å². The van der Waals surface area contributed by atoms with Crippen LogP contribution in [0.4, 0.5) is 0 Å². The van der Waals surface area contributed by atoms with Gasteiger partial charge in [-0.3, -0.25) is 10.2 Å². The highest BCUT2D eigenvalue weighted by atomic mass is 35.5. The number of fused-ring (bicyclic) bond motifs is 1. The molecule has 0 atom stereocenters. The summed E-state index contributed by atoms with van der Waals surface area (Å²) in [6, 6.07) is 12.4. The lowest BCUT2D eigenvalue weighted by Crippen LogP contribution is -2.35. The number of furan rings is 1. The van der Waals surface area contributed by atoms with Gasteiger partial charge in [-0.2, -0.15) is 15.1 Å². The molecule has 3 aromatic rings. The molecule has 1 aromatic carbocycles. The highest BCUT2D eigenvalue weighted by molar-refractivity contribution is 8.27. The summed E-state index contributed by atoms with van der Waals surface area (Å²) in [6.07, 6.45) is 4.98. The maximum absolute atomic E-state index is 12.7. The first-order valence-corrected chi connectivity index (χ1v) is 10.3. The number of aromatic nitrogens is 1. The summed E-state index contributed by atoms with van der Waals surface area (Å²) in [7, 11) is 0. The monoisotopic (exact) mass is 455 g/mol. The number of nitrogens with zero attached hydrogens (tertiary/aromatic N) is 4. The van der Waals surface area contributed by atoms with E-state index in [1.54, 1.807) is 30.3 Å². The van der Waals surface area contributed by atoms with Gasteiger partial charge in [0, 0.05) is 17.6 Å². The lowest BCUT2D eigenvalue weighted by molar-refractivity contribution is -0.114. The topological polar surface area (TPSA) is 86.9 Å². The van der Waals surface area contributed by atoms with Crippen molar-refractivity contribution < 1.29 is 9.21 Å². The fraction of sp³-hybridized carbons (Fsp3) is 0. The molecule has 1 N–H and O–H groups in total. The second-order valence-corrected chi connectivity index (χ2v) is 8.07. The van der Waals surface area contributed by atoms with Crippen LogP contribution >= 0.6 is 35.0 Å². The molecule has 0 spiro atoms. The number of amidine groups is 2. The maximum atomic E-state index is 12.7. The summed E-state index contributed by atoms with van der Waals surface area (Å²) in [5.41, 5.74) is 1.58. The Bertz CT molecular complexity index is 1290. The molecule has 0 unspecified atom stereocenters. The van der Waals surface area contributed by atoms with Crippen molar-refractivity contribution in [3.8, 4) is 5.69 Å². The Balaban J connectivity index is 1.52. The third-order valence-electron chi connectivity index (χ3n) is 4.44. The minimum absolute atomic E-state index is 0.0547. The van der Waals surface area contributed by atoms with E-state index in [0.717, 1.165) is 5.69 Å². The number of thioether (sulfide) groups is 1. The van der Waals surface area contributed by atoms with E-state index in [1.165, 1.54) is 23.0 Å². The van der Waals surface area contributed by atoms with Gasteiger partial charge in [-0.25, -0.2) is 0 Å². The SMILES string of the molecule is N=C1/C(=C/c2cccn2-c2ccc(Cl)c(Cl)c2)C(=O)N=C2SC(c3ccco3)=NN12. The maximum Gasteiger partial charge on any atom is 0.283 e. The molecule has 2 aliphatic rings. The molecule has 1 amide bonds. The molecule has 4 heterocycles. The fourth-order valence-electron chi connectivity index (χ4n) is 3.02. The van der Waals surface area contributed by atoms with Gasteiger partial charge < -0.3 is 8.98 Å². The van der Waals surface area contributed by atoms with Crippen molar-refractivity contribution in [2.45, 2.75) is 0 Å². The van der Waals surface area contributed by atoms with Crippen LogP contribution in [-0.4, -0.2) is 31.5 Å². The second kappa shape index (κ2) is 7.32. The lowest BCUT2D eigenvalue weighted by atomic mass is 10.1. The number of carbonyl (C=O) groups is 1. The molecule has 148 valence electrons. The van der Waals surface area contributed by atoms with E-state index in [4.69, 9.17) is 33.0 Å². The molecule has 0 fully saturated rings. The Hall–Kier alpha value is -3.07. The van der Waals surface area contributed by atoms with E-state index in [0.29, 0.717) is 31.7 Å². The van der Waals surface area contributed by atoms with Gasteiger partial charge in [0.25, 0.3) is 5.91 Å². The van der Waals surface area contributed by atoms with Crippen molar-refractivity contribution in [1.82, 2.24) is 9.58 Å². The molecule has 0 radical (unpaired) electrons. The number of amides is 1. The zero-order valence-electron chi connectivity index (χ0n) is 15.0. The molecule has 2 aromatic heterocycles. The second-order valence-electron chi connectivity index (χ2n) is 6.30. The van der Waals surface area contributed by atoms with Crippen LogP contribution in [0.5, 0.6) is 0 Å². The third-order valence-corrected chi connectivity index (χ3v) is 6.10. The van der Waals surface area contributed by atoms with Crippen LogP contribution < -0.4 is 0 Å². The lowest BCUT2D eigenvalue weighted by Gasteiger charge is -2.20. The summed E-state index contributed by atoms with van der Waals surface area (Å²) in [4.78, 5) is 16.8. The van der Waals surface area contributed by atoms with E-state index >= 15 is 0 Å². The molecule has 7 nitrogen and oxygen atoms in total. The molecule has 10 heteroatoms. The molecule has 5 rings (SSSR count). The summed E-state index contributed by atoms with van der Waals surface area (Å²) < 4.78 is 7.19. The van der Waals surface area contributed by atoms with E-state index in [9.17, 15) is 4.79 Å². The largest absolute Gasteiger partial charge is 0.462 e. The molecule has 2 aliphatic heterocycles. The number of hydrazone groups is 1. The van der Waals surface area contributed by atoms with Gasteiger partial charge in [-0.15, -0.1) is 0 Å². The number of halogens is 2. The highest BCUT2D eigenvalue weighted by Crippen LogP contribution is 2.31. The first kappa shape index (κ1) is 18.9. The van der Waals surface area contributed by atoms with Gasteiger partial charge >= 0.3 is 0 Å². The average molecular weight is 456 g/mol. The number of benzene rings is 1. The van der Waals surface area contributed by atoms with Crippen LogP contribution in [0, 0.1) is 5.41 Å². The molecule has 0 bridgehead atoms. The Morgan fingerprint density at radius 3 is 2.77 bits per heavy atom. The number of hydrogen-bond acceptors (Lipinski definition) is 5. The fourth-order valence-corrected chi connectivity index (χ4v) is 4.17. The van der Waals surface area contributed by atoms with Crippen molar-refractivity contribution in [1.29, 1.82) is 5.41 Å². The van der Waals surface area contributed by atoms with Crippen LogP contribution in [0.15, 0.2) is 75.0 Å². The van der Waals surface area contributed by atoms with Crippen LogP contribution in [0.2, 0.25) is 10.0 Å². The Morgan fingerprint density at radius 1 is 1.13 bits per heavy atom. The summed E-state index contributed by atoms with van der Waals surface area (Å²) in [6.45, 7) is 0. The van der Waals surface area contributed by atoms with Crippen LogP contribution in [0.25, 0.3) is 11.8 Å². The van der Waals surface area contributed by atoms with Gasteiger partial charge in [-0.1, -0.05) is 23.2 Å². The Labute approximate surface area is 184 Å². The number of carbonyl (C=O) groups excluding carboxylic acids is 1. The molecular formula is C20H11Cl2N5O2S. The standard InChI is InChI=1S/C20H11Cl2N5O2S/c21-14-6-5-12(10-15(14)22)26-7-1-3-11(26)9-13-17(23)27-20(24-18(13)28)30-19(25-27)16-4-2-8-29-16/h1-10,23H/b13-9-,23-17?. The predicted octanol–water partition coefficient (Wildman–Crippen LogP) is 5.04. The van der Waals surface area contributed by atoms with Gasteiger partial charge in [0.1, 0.15) is 0 Å². The number of rotatable bonds is 3. The van der Waals surface area contributed by atoms with Gasteiger partial charge in [0.05, 0.1) is 21.9 Å². The molecule has 0 saturated heterocycles. The van der Waals surface area contributed by atoms with Crippen LogP contribution in [-0.2, 0) is 4.79 Å². The first-order chi connectivity index (χ1) is 14.5. The predicted molar refractivity (Wildman–Crippen MR) is 119 cm³/mol. The van der Waals surface area contributed by atoms with Crippen LogP contribution in [0.1, 0.15) is 11.5 Å². The summed E-state index contributed by atoms with van der Waals surface area (Å²) in [5, 5.41) is 16.0. The van der Waals surface area contributed by atoms with Crippen molar-refractivity contribution in [2.24, 2.45) is 10.1 Å². The van der Waals surface area contributed by atoms with Crippen molar-refractivity contribution >= 4 is 63.0 Å². The van der Waals surface area contributed by atoms with Gasteiger partial charge in [0.2, 0.25) is 5.17 Å². The average Bonchev–Trinajstić information content (AvgIpc) is 3.47. The summed E-state index contributed by atoms with van der Waals surface area (Å²) >= 11 is 13.3. The quantitative estimate of drug-likeness (QED) is 0.560. The van der Waals surface area contributed by atoms with Crippen molar-refractivity contribution in [3.05, 3.63) is 82.0 Å². The van der Waals surface area contributed by atoms with Gasteiger partial charge in [-0.05, 0) is 60.3 Å². The van der Waals surface area contributed by atoms with Crippen molar-refractivity contribution in [2.75, 3.05) is 0 Å². The summed E-state index contributed by atoms with van der Waals surface area (Å²) in [5.74, 6) is -0.00569. The first-order valence-electron chi connectivity index (χ1n) is 8.68. The zero-order valence-corrected chi connectivity index (χ0v) is 17.4. The number of hydrogen-bond donors (Lipinski definition) is 1. The zero-order chi connectivity index (χ0) is 20.8. The van der Waals surface area contributed by atoms with Crippen molar-refractivity contribution in [3.63, 3.8) is 0 Å². The molecule has 0 saturated carbocycles. The van der Waals surface area contributed by atoms with Gasteiger partial charge in [0.15, 0.2) is 16.6 Å². The number of aliphatic imine (C=N–C) groups is 1. The minimum Gasteiger partial charge on any atom is -0.462 e. The molecule has 0 aliphatic carbocycles. The Kier molecular flexibility index (Phi) is 4.62.